The van der Waals surface area contributed by atoms with Gasteiger partial charge in [0.25, 0.3) is 0 Å². The van der Waals surface area contributed by atoms with Crippen LogP contribution in [0.25, 0.3) is 5.57 Å². The predicted molar refractivity (Wildman–Crippen MR) is 81.7 cm³/mol. The van der Waals surface area contributed by atoms with Gasteiger partial charge in [-0.2, -0.15) is 0 Å². The number of rotatable bonds is 1. The Morgan fingerprint density at radius 2 is 2.14 bits per heavy atom. The Morgan fingerprint density at radius 3 is 2.77 bits per heavy atom. The number of fused-ring (bicyclic) bond motifs is 2. The molecule has 2 unspecified atom stereocenters. The summed E-state index contributed by atoms with van der Waals surface area (Å²) in [6, 6.07) is 1.66. The summed E-state index contributed by atoms with van der Waals surface area (Å²) in [6.07, 6.45) is 7.28. The molecule has 4 nitrogen and oxygen atoms in total. The third kappa shape index (κ3) is 2.98. The zero-order valence-corrected chi connectivity index (χ0v) is 13.2. The van der Waals surface area contributed by atoms with Crippen LogP contribution in [0.2, 0.25) is 0 Å². The van der Waals surface area contributed by atoms with Crippen molar-refractivity contribution in [3.63, 3.8) is 0 Å². The molecule has 22 heavy (non-hydrogen) atoms. The van der Waals surface area contributed by atoms with E-state index in [1.165, 1.54) is 12.3 Å². The minimum Gasteiger partial charge on any atom is -0.444 e. The zero-order valence-electron chi connectivity index (χ0n) is 13.2. The Kier molecular flexibility index (Phi) is 3.67. The number of amides is 1. The first-order chi connectivity index (χ1) is 10.3. The van der Waals surface area contributed by atoms with E-state index in [2.05, 4.69) is 11.1 Å². The molecule has 5 heteroatoms. The molecule has 1 saturated heterocycles. The number of pyridine rings is 1. The predicted octanol–water partition coefficient (Wildman–Crippen LogP) is 3.78. The molecular weight excluding hydrogens is 283 g/mol. The maximum absolute atomic E-state index is 13.3. The Hall–Kier alpha value is -1.91. The van der Waals surface area contributed by atoms with Crippen molar-refractivity contribution in [2.45, 2.75) is 57.7 Å². The lowest BCUT2D eigenvalue weighted by molar-refractivity contribution is 0.0175. The highest BCUT2D eigenvalue weighted by Crippen LogP contribution is 2.39. The third-order valence-electron chi connectivity index (χ3n) is 4.08. The molecule has 2 aliphatic rings. The van der Waals surface area contributed by atoms with Gasteiger partial charge in [0.15, 0.2) is 0 Å². The number of carbonyl (C=O) groups is 1. The van der Waals surface area contributed by atoms with Crippen LogP contribution in [0.4, 0.5) is 9.18 Å². The van der Waals surface area contributed by atoms with Crippen molar-refractivity contribution >= 4 is 11.7 Å². The average Bonchev–Trinajstić information content (AvgIpc) is 2.68. The Labute approximate surface area is 130 Å². The smallest absolute Gasteiger partial charge is 0.411 e. The van der Waals surface area contributed by atoms with Crippen molar-refractivity contribution in [1.29, 1.82) is 0 Å². The second kappa shape index (κ2) is 5.38. The average molecular weight is 304 g/mol. The zero-order chi connectivity index (χ0) is 15.9. The first-order valence-corrected chi connectivity index (χ1v) is 7.66. The molecule has 2 atom stereocenters. The molecular formula is C17H21FN2O2. The molecule has 3 heterocycles. The molecule has 1 amide bonds. The van der Waals surface area contributed by atoms with Crippen molar-refractivity contribution in [3.05, 3.63) is 35.9 Å². The minimum atomic E-state index is -0.493. The van der Waals surface area contributed by atoms with Gasteiger partial charge in [0.05, 0.1) is 12.2 Å². The molecule has 0 aliphatic carbocycles. The van der Waals surface area contributed by atoms with Crippen LogP contribution in [0.1, 0.15) is 45.6 Å². The van der Waals surface area contributed by atoms with Gasteiger partial charge < -0.3 is 4.74 Å². The summed E-state index contributed by atoms with van der Waals surface area (Å²) in [7, 11) is 0. The largest absolute Gasteiger partial charge is 0.444 e. The second-order valence-electron chi connectivity index (χ2n) is 6.97. The van der Waals surface area contributed by atoms with Gasteiger partial charge in [-0.15, -0.1) is 0 Å². The van der Waals surface area contributed by atoms with Crippen LogP contribution >= 0.6 is 0 Å². The van der Waals surface area contributed by atoms with Crippen LogP contribution in [-0.4, -0.2) is 33.7 Å². The summed E-state index contributed by atoms with van der Waals surface area (Å²) in [5.74, 6) is -0.333. The molecule has 2 bridgehead atoms. The molecule has 0 aromatic carbocycles. The van der Waals surface area contributed by atoms with E-state index in [-0.39, 0.29) is 24.0 Å². The summed E-state index contributed by atoms with van der Waals surface area (Å²) in [4.78, 5) is 18.1. The fourth-order valence-electron chi connectivity index (χ4n) is 3.23. The molecule has 118 valence electrons. The van der Waals surface area contributed by atoms with E-state index in [0.717, 1.165) is 30.4 Å². The van der Waals surface area contributed by atoms with Crippen molar-refractivity contribution < 1.29 is 13.9 Å². The lowest BCUT2D eigenvalue weighted by atomic mass is 9.96. The third-order valence-corrected chi connectivity index (χ3v) is 4.08. The van der Waals surface area contributed by atoms with Gasteiger partial charge in [-0.3, -0.25) is 9.88 Å². The van der Waals surface area contributed by atoms with E-state index in [1.54, 1.807) is 6.20 Å². The lowest BCUT2D eigenvalue weighted by Crippen LogP contribution is -2.45. The molecule has 3 rings (SSSR count). The number of carbonyl (C=O) groups excluding carboxylic acids is 1. The topological polar surface area (TPSA) is 42.4 Å². The van der Waals surface area contributed by atoms with Crippen LogP contribution in [0.5, 0.6) is 0 Å². The number of nitrogens with zero attached hydrogens (tertiary/aromatic N) is 2. The summed E-state index contributed by atoms with van der Waals surface area (Å²) in [6.45, 7) is 5.61. The maximum Gasteiger partial charge on any atom is 0.411 e. The van der Waals surface area contributed by atoms with Gasteiger partial charge >= 0.3 is 6.09 Å². The highest BCUT2D eigenvalue weighted by molar-refractivity contribution is 5.75. The van der Waals surface area contributed by atoms with Gasteiger partial charge in [-0.05, 0) is 57.2 Å². The van der Waals surface area contributed by atoms with Crippen LogP contribution in [-0.2, 0) is 4.74 Å². The van der Waals surface area contributed by atoms with Crippen molar-refractivity contribution in [3.8, 4) is 0 Å². The number of hydrogen-bond donors (Lipinski definition) is 0. The van der Waals surface area contributed by atoms with Crippen molar-refractivity contribution in [1.82, 2.24) is 9.88 Å². The SMILES string of the molecule is CC(C)(C)OC(=O)N1C2C=C(c3cncc(F)c3)CC1CC2. The van der Waals surface area contributed by atoms with E-state index in [1.807, 2.05) is 25.7 Å². The number of hydrogen-bond acceptors (Lipinski definition) is 3. The highest BCUT2D eigenvalue weighted by atomic mass is 19.1. The van der Waals surface area contributed by atoms with E-state index >= 15 is 0 Å². The molecule has 0 radical (unpaired) electrons. The Balaban J connectivity index is 1.82. The van der Waals surface area contributed by atoms with Gasteiger partial charge in [0.1, 0.15) is 11.4 Å². The summed E-state index contributed by atoms with van der Waals surface area (Å²) in [5.41, 5.74) is 1.38. The molecule has 0 saturated carbocycles. The first-order valence-electron chi connectivity index (χ1n) is 7.66. The quantitative estimate of drug-likeness (QED) is 0.793. The standard InChI is InChI=1S/C17H21FN2O2/c1-17(2,3)22-16(21)20-14-4-5-15(20)8-11(7-14)12-6-13(18)10-19-9-12/h6-7,9-10,14-15H,4-5,8H2,1-3H3. The summed E-state index contributed by atoms with van der Waals surface area (Å²) >= 11 is 0. The van der Waals surface area contributed by atoms with E-state index in [4.69, 9.17) is 4.74 Å². The normalized spacial score (nSPS) is 24.2. The van der Waals surface area contributed by atoms with Crippen LogP contribution in [0.15, 0.2) is 24.5 Å². The van der Waals surface area contributed by atoms with Crippen LogP contribution in [0, 0.1) is 5.82 Å². The molecule has 1 fully saturated rings. The van der Waals surface area contributed by atoms with Crippen molar-refractivity contribution in [2.24, 2.45) is 0 Å². The molecule has 1 aromatic rings. The Bertz CT molecular complexity index is 621. The maximum atomic E-state index is 13.3. The fourth-order valence-corrected chi connectivity index (χ4v) is 3.23. The molecule has 0 N–H and O–H groups in total. The second-order valence-corrected chi connectivity index (χ2v) is 6.97. The minimum absolute atomic E-state index is 0.0341. The van der Waals surface area contributed by atoms with Crippen LogP contribution < -0.4 is 0 Å². The number of ether oxygens (including phenoxy) is 1. The lowest BCUT2D eigenvalue weighted by Gasteiger charge is -2.35. The fraction of sp³-hybridized carbons (Fsp3) is 0.529. The summed E-state index contributed by atoms with van der Waals surface area (Å²) in [5, 5.41) is 0. The summed E-state index contributed by atoms with van der Waals surface area (Å²) < 4.78 is 18.9. The highest BCUT2D eigenvalue weighted by Gasteiger charge is 2.41. The Morgan fingerprint density at radius 1 is 1.36 bits per heavy atom. The van der Waals surface area contributed by atoms with Gasteiger partial charge in [0.2, 0.25) is 0 Å². The number of halogens is 1. The monoisotopic (exact) mass is 304 g/mol. The van der Waals surface area contributed by atoms with Gasteiger partial charge in [0, 0.05) is 12.2 Å². The van der Waals surface area contributed by atoms with Gasteiger partial charge in [-0.25, -0.2) is 9.18 Å². The van der Waals surface area contributed by atoms with E-state index in [9.17, 15) is 9.18 Å². The van der Waals surface area contributed by atoms with Gasteiger partial charge in [-0.1, -0.05) is 6.08 Å². The van der Waals surface area contributed by atoms with Crippen molar-refractivity contribution in [2.75, 3.05) is 0 Å². The van der Waals surface area contributed by atoms with Crippen LogP contribution in [0.3, 0.4) is 0 Å². The first kappa shape index (κ1) is 15.0. The molecule has 1 aromatic heterocycles. The molecule has 2 aliphatic heterocycles. The van der Waals surface area contributed by atoms with E-state index in [0.29, 0.717) is 0 Å². The number of aromatic nitrogens is 1. The molecule has 0 spiro atoms. The van der Waals surface area contributed by atoms with E-state index < -0.39 is 5.60 Å².